The van der Waals surface area contributed by atoms with Gasteiger partial charge in [0, 0.05) is 0 Å². The fourth-order valence-corrected chi connectivity index (χ4v) is 2.39. The molecule has 0 saturated heterocycles. The van der Waals surface area contributed by atoms with Crippen LogP contribution in [0, 0.1) is 0 Å². The molecule has 0 aliphatic heterocycles. The van der Waals surface area contributed by atoms with E-state index in [-0.39, 0.29) is 0 Å². The molecule has 2 aromatic carbocycles. The van der Waals surface area contributed by atoms with Crippen molar-refractivity contribution in [2.45, 2.75) is 12.8 Å². The van der Waals surface area contributed by atoms with Crippen molar-refractivity contribution in [3.63, 3.8) is 0 Å². The lowest BCUT2D eigenvalue weighted by atomic mass is 10.1. The van der Waals surface area contributed by atoms with E-state index in [1.807, 2.05) is 36.4 Å². The fraction of sp³-hybridized carbons (Fsp3) is 0.333. The minimum atomic E-state index is 0.940. The number of hydrogen-bond acceptors (Lipinski definition) is 3. The summed E-state index contributed by atoms with van der Waals surface area (Å²) in [5.41, 5.74) is 2.48. The Bertz CT molecular complexity index is 505. The van der Waals surface area contributed by atoms with Crippen molar-refractivity contribution >= 4 is 0 Å². The van der Waals surface area contributed by atoms with Gasteiger partial charge in [-0.3, -0.25) is 0 Å². The van der Waals surface area contributed by atoms with E-state index in [1.54, 1.807) is 14.2 Å². The Hall–Kier alpha value is -2.00. The summed E-state index contributed by atoms with van der Waals surface area (Å²) in [4.78, 5) is 0. The van der Waals surface area contributed by atoms with Crippen LogP contribution in [0.1, 0.15) is 11.1 Å². The topological polar surface area (TPSA) is 30.5 Å². The van der Waals surface area contributed by atoms with Gasteiger partial charge in [-0.2, -0.15) is 0 Å². The molecule has 0 spiro atoms. The minimum Gasteiger partial charge on any atom is -0.496 e. The molecule has 112 valence electrons. The van der Waals surface area contributed by atoms with Crippen LogP contribution in [0.15, 0.2) is 48.5 Å². The smallest absolute Gasteiger partial charge is 0.122 e. The number of nitrogens with one attached hydrogen (secondary N) is 1. The number of methoxy groups -OCH3 is 2. The Balaban J connectivity index is 1.75. The molecule has 3 heteroatoms. The van der Waals surface area contributed by atoms with Crippen molar-refractivity contribution < 1.29 is 9.47 Å². The lowest BCUT2D eigenvalue weighted by Gasteiger charge is -2.10. The molecule has 0 atom stereocenters. The Morgan fingerprint density at radius 3 is 1.57 bits per heavy atom. The molecule has 2 rings (SSSR count). The third-order valence-electron chi connectivity index (χ3n) is 3.53. The van der Waals surface area contributed by atoms with Crippen molar-refractivity contribution in [3.05, 3.63) is 59.7 Å². The molecule has 3 nitrogen and oxygen atoms in total. The highest BCUT2D eigenvalue weighted by Crippen LogP contribution is 2.18. The summed E-state index contributed by atoms with van der Waals surface area (Å²) in [6.07, 6.45) is 1.94. The molecule has 0 aromatic heterocycles. The predicted octanol–water partition coefficient (Wildman–Crippen LogP) is 3.08. The Morgan fingerprint density at radius 1 is 0.714 bits per heavy atom. The van der Waals surface area contributed by atoms with E-state index in [9.17, 15) is 0 Å². The standard InChI is InChI=1S/C18H23NO2/c1-20-17-9-5-3-7-15(17)11-13-19-14-12-16-8-4-6-10-18(16)21-2/h3-10,19H,11-14H2,1-2H3. The van der Waals surface area contributed by atoms with Gasteiger partial charge in [-0.1, -0.05) is 36.4 Å². The highest BCUT2D eigenvalue weighted by atomic mass is 16.5. The Kier molecular flexibility index (Phi) is 6.10. The van der Waals surface area contributed by atoms with E-state index in [0.29, 0.717) is 0 Å². The molecule has 0 aliphatic rings. The van der Waals surface area contributed by atoms with Gasteiger partial charge in [0.25, 0.3) is 0 Å². The van der Waals surface area contributed by atoms with Crippen LogP contribution in [0.25, 0.3) is 0 Å². The minimum absolute atomic E-state index is 0.940. The van der Waals surface area contributed by atoms with Crippen LogP contribution in [0.4, 0.5) is 0 Å². The molecule has 0 fully saturated rings. The van der Waals surface area contributed by atoms with Gasteiger partial charge in [-0.15, -0.1) is 0 Å². The molecule has 0 radical (unpaired) electrons. The van der Waals surface area contributed by atoms with Gasteiger partial charge < -0.3 is 14.8 Å². The van der Waals surface area contributed by atoms with Crippen LogP contribution in [0.5, 0.6) is 11.5 Å². The number of ether oxygens (including phenoxy) is 2. The molecule has 0 saturated carbocycles. The number of rotatable bonds is 8. The van der Waals surface area contributed by atoms with Gasteiger partial charge in [0.2, 0.25) is 0 Å². The summed E-state index contributed by atoms with van der Waals surface area (Å²) in [7, 11) is 3.43. The van der Waals surface area contributed by atoms with E-state index in [2.05, 4.69) is 17.4 Å². The average molecular weight is 285 g/mol. The molecular formula is C18H23NO2. The van der Waals surface area contributed by atoms with Gasteiger partial charge in [0.05, 0.1) is 14.2 Å². The summed E-state index contributed by atoms with van der Waals surface area (Å²) in [6.45, 7) is 1.88. The van der Waals surface area contributed by atoms with Crippen LogP contribution >= 0.6 is 0 Å². The van der Waals surface area contributed by atoms with Crippen molar-refractivity contribution in [1.82, 2.24) is 5.32 Å². The second kappa shape index (κ2) is 8.32. The zero-order valence-electron chi connectivity index (χ0n) is 12.8. The number of hydrogen-bond donors (Lipinski definition) is 1. The van der Waals surface area contributed by atoms with Crippen molar-refractivity contribution in [2.24, 2.45) is 0 Å². The van der Waals surface area contributed by atoms with Gasteiger partial charge in [0.15, 0.2) is 0 Å². The first kappa shape index (κ1) is 15.4. The van der Waals surface area contributed by atoms with Gasteiger partial charge in [-0.25, -0.2) is 0 Å². The molecule has 0 bridgehead atoms. The van der Waals surface area contributed by atoms with Crippen LogP contribution in [-0.4, -0.2) is 27.3 Å². The lowest BCUT2D eigenvalue weighted by molar-refractivity contribution is 0.408. The van der Waals surface area contributed by atoms with Crippen molar-refractivity contribution in [3.8, 4) is 11.5 Å². The number of benzene rings is 2. The van der Waals surface area contributed by atoms with E-state index in [1.165, 1.54) is 11.1 Å². The highest BCUT2D eigenvalue weighted by Gasteiger charge is 2.02. The summed E-state index contributed by atoms with van der Waals surface area (Å²) >= 11 is 0. The second-order valence-electron chi connectivity index (χ2n) is 4.87. The summed E-state index contributed by atoms with van der Waals surface area (Å²) in [5, 5.41) is 3.47. The summed E-state index contributed by atoms with van der Waals surface area (Å²) < 4.78 is 10.7. The first-order valence-corrected chi connectivity index (χ1v) is 7.29. The molecule has 2 aromatic rings. The normalized spacial score (nSPS) is 10.4. The van der Waals surface area contributed by atoms with Gasteiger partial charge in [0.1, 0.15) is 11.5 Å². The van der Waals surface area contributed by atoms with Gasteiger partial charge >= 0.3 is 0 Å². The van der Waals surface area contributed by atoms with Crippen molar-refractivity contribution in [1.29, 1.82) is 0 Å². The fourth-order valence-electron chi connectivity index (χ4n) is 2.39. The third kappa shape index (κ3) is 4.50. The quantitative estimate of drug-likeness (QED) is 0.756. The average Bonchev–Trinajstić information content (AvgIpc) is 2.55. The highest BCUT2D eigenvalue weighted by molar-refractivity contribution is 5.34. The lowest BCUT2D eigenvalue weighted by Crippen LogP contribution is -2.20. The first-order valence-electron chi connectivity index (χ1n) is 7.29. The predicted molar refractivity (Wildman–Crippen MR) is 86.3 cm³/mol. The molecule has 0 amide bonds. The van der Waals surface area contributed by atoms with E-state index >= 15 is 0 Å². The SMILES string of the molecule is COc1ccccc1CCNCCc1ccccc1OC. The molecule has 0 aliphatic carbocycles. The Labute approximate surface area is 126 Å². The zero-order valence-corrected chi connectivity index (χ0v) is 12.8. The second-order valence-corrected chi connectivity index (χ2v) is 4.87. The van der Waals surface area contributed by atoms with E-state index < -0.39 is 0 Å². The monoisotopic (exact) mass is 285 g/mol. The van der Waals surface area contributed by atoms with E-state index in [0.717, 1.165) is 37.4 Å². The maximum Gasteiger partial charge on any atom is 0.122 e. The van der Waals surface area contributed by atoms with Crippen LogP contribution in [0.2, 0.25) is 0 Å². The van der Waals surface area contributed by atoms with Crippen LogP contribution < -0.4 is 14.8 Å². The Morgan fingerprint density at radius 2 is 1.14 bits per heavy atom. The largest absolute Gasteiger partial charge is 0.496 e. The molecule has 1 N–H and O–H groups in total. The summed E-state index contributed by atoms with van der Waals surface area (Å²) in [6, 6.07) is 16.3. The first-order chi connectivity index (χ1) is 10.3. The maximum absolute atomic E-state index is 5.36. The van der Waals surface area contributed by atoms with Crippen molar-refractivity contribution in [2.75, 3.05) is 27.3 Å². The molecule has 21 heavy (non-hydrogen) atoms. The van der Waals surface area contributed by atoms with Gasteiger partial charge in [-0.05, 0) is 49.2 Å². The van der Waals surface area contributed by atoms with E-state index in [4.69, 9.17) is 9.47 Å². The number of para-hydroxylation sites is 2. The molecule has 0 unspecified atom stereocenters. The molecular weight excluding hydrogens is 262 g/mol. The third-order valence-corrected chi connectivity index (χ3v) is 3.53. The maximum atomic E-state index is 5.36. The van der Waals surface area contributed by atoms with Crippen LogP contribution in [-0.2, 0) is 12.8 Å². The van der Waals surface area contributed by atoms with Crippen LogP contribution in [0.3, 0.4) is 0 Å². The zero-order chi connectivity index (χ0) is 14.9. The summed E-state index contributed by atoms with van der Waals surface area (Å²) in [5.74, 6) is 1.92. The molecule has 0 heterocycles.